The Labute approximate surface area is 87.4 Å². The van der Waals surface area contributed by atoms with Crippen LogP contribution in [0.15, 0.2) is 42.9 Å². The molecule has 1 N–H and O–H groups in total. The monoisotopic (exact) mass is 197 g/mol. The summed E-state index contributed by atoms with van der Waals surface area (Å²) in [5.41, 5.74) is 3.52. The number of aromatic nitrogens is 3. The van der Waals surface area contributed by atoms with Gasteiger partial charge in [-0.3, -0.25) is 4.68 Å². The van der Waals surface area contributed by atoms with Crippen LogP contribution in [0.3, 0.4) is 0 Å². The number of nitrogens with one attached hydrogen (secondary N) is 1. The Hall–Kier alpha value is -2.03. The van der Waals surface area contributed by atoms with Gasteiger partial charge in [0.1, 0.15) is 0 Å². The molecule has 3 nitrogen and oxygen atoms in total. The first kappa shape index (κ1) is 8.29. The van der Waals surface area contributed by atoms with Crippen LogP contribution in [0, 0.1) is 0 Å². The van der Waals surface area contributed by atoms with E-state index in [-0.39, 0.29) is 0 Å². The maximum absolute atomic E-state index is 4.18. The minimum absolute atomic E-state index is 1.15. The summed E-state index contributed by atoms with van der Waals surface area (Å²) in [5, 5.41) is 5.42. The second-order valence-electron chi connectivity index (χ2n) is 3.65. The summed E-state index contributed by atoms with van der Waals surface area (Å²) in [6.07, 6.45) is 5.94. The Morgan fingerprint density at radius 2 is 2.13 bits per heavy atom. The van der Waals surface area contributed by atoms with E-state index in [4.69, 9.17) is 0 Å². The van der Waals surface area contributed by atoms with Crippen LogP contribution in [0.4, 0.5) is 0 Å². The number of hydrogen-bond acceptors (Lipinski definition) is 1. The van der Waals surface area contributed by atoms with Crippen LogP contribution < -0.4 is 0 Å². The quantitative estimate of drug-likeness (QED) is 0.639. The largest absolute Gasteiger partial charge is 0.361 e. The SMILES string of the molecule is Cn1cc(-c2c[nH]c3ccccc23)cn1. The Bertz CT molecular complexity index is 604. The van der Waals surface area contributed by atoms with E-state index >= 15 is 0 Å². The van der Waals surface area contributed by atoms with Crippen molar-refractivity contribution in [2.75, 3.05) is 0 Å². The zero-order chi connectivity index (χ0) is 10.3. The summed E-state index contributed by atoms with van der Waals surface area (Å²) >= 11 is 0. The molecular formula is C12H11N3. The second kappa shape index (κ2) is 2.98. The topological polar surface area (TPSA) is 33.6 Å². The molecule has 0 aliphatic heterocycles. The predicted octanol–water partition coefficient (Wildman–Crippen LogP) is 2.57. The lowest BCUT2D eigenvalue weighted by molar-refractivity contribution is 0.768. The molecule has 2 aromatic heterocycles. The van der Waals surface area contributed by atoms with Crippen LogP contribution in [0.5, 0.6) is 0 Å². The molecule has 74 valence electrons. The number of aryl methyl sites for hydroxylation is 1. The Morgan fingerprint density at radius 3 is 2.93 bits per heavy atom. The van der Waals surface area contributed by atoms with Crippen LogP contribution in [-0.4, -0.2) is 14.8 Å². The third-order valence-electron chi connectivity index (χ3n) is 2.61. The highest BCUT2D eigenvalue weighted by Crippen LogP contribution is 2.27. The Balaban J connectivity index is 2.27. The van der Waals surface area contributed by atoms with Crippen molar-refractivity contribution in [3.8, 4) is 11.1 Å². The van der Waals surface area contributed by atoms with Crippen molar-refractivity contribution in [1.29, 1.82) is 0 Å². The molecule has 0 radical (unpaired) electrons. The van der Waals surface area contributed by atoms with Gasteiger partial charge in [0.15, 0.2) is 0 Å². The van der Waals surface area contributed by atoms with Crippen molar-refractivity contribution >= 4 is 10.9 Å². The lowest BCUT2D eigenvalue weighted by Crippen LogP contribution is -1.83. The Kier molecular flexibility index (Phi) is 1.65. The minimum Gasteiger partial charge on any atom is -0.361 e. The number of hydrogen-bond donors (Lipinski definition) is 1. The summed E-state index contributed by atoms with van der Waals surface area (Å²) in [4.78, 5) is 3.26. The van der Waals surface area contributed by atoms with Crippen LogP contribution >= 0.6 is 0 Å². The van der Waals surface area contributed by atoms with Crippen LogP contribution in [0.25, 0.3) is 22.0 Å². The van der Waals surface area contributed by atoms with E-state index in [0.717, 1.165) is 11.1 Å². The summed E-state index contributed by atoms with van der Waals surface area (Å²) in [7, 11) is 1.93. The number of nitrogens with zero attached hydrogens (tertiary/aromatic N) is 2. The van der Waals surface area contributed by atoms with Gasteiger partial charge in [0.2, 0.25) is 0 Å². The highest BCUT2D eigenvalue weighted by atomic mass is 15.2. The van der Waals surface area contributed by atoms with Crippen LogP contribution in [0.1, 0.15) is 0 Å². The highest BCUT2D eigenvalue weighted by Gasteiger charge is 2.06. The first-order chi connectivity index (χ1) is 7.34. The average Bonchev–Trinajstić information content (AvgIpc) is 2.83. The normalized spacial score (nSPS) is 11.0. The maximum atomic E-state index is 4.18. The molecule has 0 unspecified atom stereocenters. The fraction of sp³-hybridized carbons (Fsp3) is 0.0833. The second-order valence-corrected chi connectivity index (χ2v) is 3.65. The predicted molar refractivity (Wildman–Crippen MR) is 60.5 cm³/mol. The van der Waals surface area contributed by atoms with E-state index in [9.17, 15) is 0 Å². The standard InChI is InChI=1S/C12H11N3/c1-15-8-9(6-14-15)11-7-13-12-5-3-2-4-10(11)12/h2-8,13H,1H3. The number of fused-ring (bicyclic) bond motifs is 1. The van der Waals surface area contributed by atoms with E-state index < -0.39 is 0 Å². The van der Waals surface area contributed by atoms with Crippen LogP contribution in [-0.2, 0) is 7.05 Å². The summed E-state index contributed by atoms with van der Waals surface area (Å²) < 4.78 is 1.82. The molecule has 0 spiro atoms. The third kappa shape index (κ3) is 1.24. The molecule has 15 heavy (non-hydrogen) atoms. The molecule has 0 bridgehead atoms. The summed E-state index contributed by atoms with van der Waals surface area (Å²) in [6.45, 7) is 0. The third-order valence-corrected chi connectivity index (χ3v) is 2.61. The number of rotatable bonds is 1. The molecule has 3 rings (SSSR count). The first-order valence-corrected chi connectivity index (χ1v) is 4.90. The van der Waals surface area contributed by atoms with Gasteiger partial charge in [0.05, 0.1) is 6.20 Å². The number of para-hydroxylation sites is 1. The van der Waals surface area contributed by atoms with E-state index in [1.165, 1.54) is 10.9 Å². The van der Waals surface area contributed by atoms with E-state index in [0.29, 0.717) is 0 Å². The van der Waals surface area contributed by atoms with Gasteiger partial charge >= 0.3 is 0 Å². The smallest absolute Gasteiger partial charge is 0.0568 e. The molecule has 0 aliphatic carbocycles. The molecule has 0 fully saturated rings. The lowest BCUT2D eigenvalue weighted by Gasteiger charge is -1.93. The molecule has 0 saturated carbocycles. The molecule has 0 amide bonds. The number of benzene rings is 1. The molecule has 1 aromatic carbocycles. The van der Waals surface area contributed by atoms with E-state index in [1.807, 2.05) is 36.4 Å². The van der Waals surface area contributed by atoms with Crippen molar-refractivity contribution in [2.45, 2.75) is 0 Å². The maximum Gasteiger partial charge on any atom is 0.0568 e. The van der Waals surface area contributed by atoms with Crippen LogP contribution in [0.2, 0.25) is 0 Å². The van der Waals surface area contributed by atoms with Crippen molar-refractivity contribution in [3.63, 3.8) is 0 Å². The first-order valence-electron chi connectivity index (χ1n) is 4.90. The molecule has 0 saturated heterocycles. The lowest BCUT2D eigenvalue weighted by atomic mass is 10.1. The molecule has 0 aliphatic rings. The van der Waals surface area contributed by atoms with Gasteiger partial charge in [0.25, 0.3) is 0 Å². The minimum atomic E-state index is 1.15. The van der Waals surface area contributed by atoms with E-state index in [2.05, 4.69) is 28.3 Å². The summed E-state index contributed by atoms with van der Waals surface area (Å²) in [5.74, 6) is 0. The Morgan fingerprint density at radius 1 is 1.27 bits per heavy atom. The molecule has 0 atom stereocenters. The van der Waals surface area contributed by atoms with E-state index in [1.54, 1.807) is 0 Å². The summed E-state index contributed by atoms with van der Waals surface area (Å²) in [6, 6.07) is 8.28. The van der Waals surface area contributed by atoms with Crippen molar-refractivity contribution in [2.24, 2.45) is 7.05 Å². The van der Waals surface area contributed by atoms with Crippen molar-refractivity contribution in [1.82, 2.24) is 14.8 Å². The zero-order valence-corrected chi connectivity index (χ0v) is 8.44. The highest BCUT2D eigenvalue weighted by molar-refractivity contribution is 5.95. The van der Waals surface area contributed by atoms with Gasteiger partial charge in [-0.1, -0.05) is 18.2 Å². The van der Waals surface area contributed by atoms with Gasteiger partial charge in [0, 0.05) is 41.5 Å². The van der Waals surface area contributed by atoms with Gasteiger partial charge < -0.3 is 4.98 Å². The fourth-order valence-electron chi connectivity index (χ4n) is 1.87. The number of H-pyrrole nitrogens is 1. The van der Waals surface area contributed by atoms with Gasteiger partial charge in [-0.2, -0.15) is 5.10 Å². The molecule has 3 aromatic rings. The fourth-order valence-corrected chi connectivity index (χ4v) is 1.87. The molecule has 2 heterocycles. The van der Waals surface area contributed by atoms with Crippen molar-refractivity contribution in [3.05, 3.63) is 42.9 Å². The molecular weight excluding hydrogens is 186 g/mol. The molecule has 3 heteroatoms. The van der Waals surface area contributed by atoms with Gasteiger partial charge in [-0.25, -0.2) is 0 Å². The van der Waals surface area contributed by atoms with Crippen molar-refractivity contribution < 1.29 is 0 Å². The van der Waals surface area contributed by atoms with Gasteiger partial charge in [-0.15, -0.1) is 0 Å². The zero-order valence-electron chi connectivity index (χ0n) is 8.44. The van der Waals surface area contributed by atoms with Gasteiger partial charge in [-0.05, 0) is 6.07 Å². The average molecular weight is 197 g/mol. The number of aromatic amines is 1.